The molecule has 0 aliphatic heterocycles. The van der Waals surface area contributed by atoms with Crippen molar-refractivity contribution in [3.63, 3.8) is 0 Å². The fourth-order valence-corrected chi connectivity index (χ4v) is 3.47. The summed E-state index contributed by atoms with van der Waals surface area (Å²) in [4.78, 5) is 11.0. The molecule has 0 aliphatic rings. The molecular weight excluding hydrogens is 370 g/mol. The van der Waals surface area contributed by atoms with Crippen LogP contribution in [0.5, 0.6) is 0 Å². The number of nitrogens with zero attached hydrogens (tertiary/aromatic N) is 4. The molecule has 5 heteroatoms. The van der Waals surface area contributed by atoms with Crippen LogP contribution in [0.2, 0.25) is 0 Å². The molecule has 0 saturated heterocycles. The van der Waals surface area contributed by atoms with Crippen LogP contribution >= 0.6 is 0 Å². The first-order valence-corrected chi connectivity index (χ1v) is 9.90. The molecular formula is C25H23N5. The molecule has 30 heavy (non-hydrogen) atoms. The minimum atomic E-state index is 0.621. The van der Waals surface area contributed by atoms with E-state index in [0.29, 0.717) is 5.56 Å². The van der Waals surface area contributed by atoms with Crippen molar-refractivity contribution in [2.75, 3.05) is 12.4 Å². The van der Waals surface area contributed by atoms with E-state index in [1.54, 1.807) is 6.20 Å². The lowest BCUT2D eigenvalue weighted by Crippen LogP contribution is -2.17. The van der Waals surface area contributed by atoms with Crippen LogP contribution in [0.3, 0.4) is 0 Å². The van der Waals surface area contributed by atoms with Gasteiger partial charge in [0, 0.05) is 43.1 Å². The van der Waals surface area contributed by atoms with Gasteiger partial charge in [0.05, 0.1) is 22.8 Å². The van der Waals surface area contributed by atoms with Crippen LogP contribution in [0.15, 0.2) is 79.1 Å². The second-order valence-corrected chi connectivity index (χ2v) is 7.37. The molecule has 4 aromatic rings. The molecule has 2 heterocycles. The summed E-state index contributed by atoms with van der Waals surface area (Å²) in [6.07, 6.45) is 3.60. The minimum absolute atomic E-state index is 0.621. The summed E-state index contributed by atoms with van der Waals surface area (Å²) in [6, 6.07) is 24.4. The SMILES string of the molecule is CN(Cc1ccc(CNc2ccnc3cc(C#N)ccc23)cc1)Cc1ccccn1. The molecule has 0 bridgehead atoms. The highest BCUT2D eigenvalue weighted by atomic mass is 15.1. The molecule has 2 aromatic heterocycles. The lowest BCUT2D eigenvalue weighted by molar-refractivity contribution is 0.315. The van der Waals surface area contributed by atoms with Gasteiger partial charge in [0.15, 0.2) is 0 Å². The first-order chi connectivity index (χ1) is 14.7. The lowest BCUT2D eigenvalue weighted by atomic mass is 10.1. The molecule has 0 radical (unpaired) electrons. The van der Waals surface area contributed by atoms with E-state index in [1.807, 2.05) is 42.6 Å². The second kappa shape index (κ2) is 9.17. The van der Waals surface area contributed by atoms with Crippen LogP contribution in [0.25, 0.3) is 10.9 Å². The maximum Gasteiger partial charge on any atom is 0.0992 e. The highest BCUT2D eigenvalue weighted by molar-refractivity contribution is 5.91. The standard InChI is InChI=1S/C25H23N5/c1-30(18-22-4-2-3-12-27-22)17-20-7-5-19(6-8-20)16-29-24-11-13-28-25-14-21(15-26)9-10-23(24)25/h2-14H,16-18H2,1H3,(H,28,29). The van der Waals surface area contributed by atoms with Crippen molar-refractivity contribution in [3.8, 4) is 6.07 Å². The molecule has 0 fully saturated rings. The van der Waals surface area contributed by atoms with Crippen molar-refractivity contribution < 1.29 is 0 Å². The number of hydrogen-bond donors (Lipinski definition) is 1. The van der Waals surface area contributed by atoms with Crippen molar-refractivity contribution in [3.05, 3.63) is 102 Å². The zero-order chi connectivity index (χ0) is 20.8. The summed E-state index contributed by atoms with van der Waals surface area (Å²) in [5.74, 6) is 0. The predicted octanol–water partition coefficient (Wildman–Crippen LogP) is 4.75. The van der Waals surface area contributed by atoms with Gasteiger partial charge in [-0.15, -0.1) is 0 Å². The van der Waals surface area contributed by atoms with E-state index in [0.717, 1.165) is 41.9 Å². The monoisotopic (exact) mass is 393 g/mol. The van der Waals surface area contributed by atoms with Crippen molar-refractivity contribution >= 4 is 16.6 Å². The summed E-state index contributed by atoms with van der Waals surface area (Å²) in [7, 11) is 2.11. The molecule has 148 valence electrons. The fourth-order valence-electron chi connectivity index (χ4n) is 3.47. The number of benzene rings is 2. The number of pyridine rings is 2. The van der Waals surface area contributed by atoms with E-state index in [2.05, 4.69) is 63.6 Å². The topological polar surface area (TPSA) is 64.8 Å². The van der Waals surface area contributed by atoms with Gasteiger partial charge in [-0.1, -0.05) is 30.3 Å². The normalized spacial score (nSPS) is 10.8. The molecule has 0 spiro atoms. The maximum absolute atomic E-state index is 9.07. The van der Waals surface area contributed by atoms with E-state index in [-0.39, 0.29) is 0 Å². The zero-order valence-electron chi connectivity index (χ0n) is 16.9. The van der Waals surface area contributed by atoms with Gasteiger partial charge in [0.25, 0.3) is 0 Å². The largest absolute Gasteiger partial charge is 0.380 e. The zero-order valence-corrected chi connectivity index (χ0v) is 16.9. The Morgan fingerprint density at radius 3 is 2.50 bits per heavy atom. The van der Waals surface area contributed by atoms with E-state index >= 15 is 0 Å². The van der Waals surface area contributed by atoms with E-state index in [4.69, 9.17) is 5.26 Å². The van der Waals surface area contributed by atoms with Gasteiger partial charge in [-0.2, -0.15) is 5.26 Å². The molecule has 5 nitrogen and oxygen atoms in total. The van der Waals surface area contributed by atoms with Crippen LogP contribution < -0.4 is 5.32 Å². The second-order valence-electron chi connectivity index (χ2n) is 7.37. The summed E-state index contributed by atoms with van der Waals surface area (Å²) in [5, 5.41) is 13.6. The third kappa shape index (κ3) is 4.80. The maximum atomic E-state index is 9.07. The Bertz CT molecular complexity index is 1160. The highest BCUT2D eigenvalue weighted by Crippen LogP contribution is 2.23. The third-order valence-electron chi connectivity index (χ3n) is 4.99. The van der Waals surface area contributed by atoms with Crippen LogP contribution in [-0.2, 0) is 19.6 Å². The average molecular weight is 393 g/mol. The summed E-state index contributed by atoms with van der Waals surface area (Å²) in [5.41, 5.74) is 6.03. The smallest absolute Gasteiger partial charge is 0.0992 e. The molecule has 0 atom stereocenters. The van der Waals surface area contributed by atoms with Crippen LogP contribution in [0.1, 0.15) is 22.4 Å². The number of rotatable bonds is 7. The number of nitrogens with one attached hydrogen (secondary N) is 1. The average Bonchev–Trinajstić information content (AvgIpc) is 2.78. The minimum Gasteiger partial charge on any atom is -0.380 e. The third-order valence-corrected chi connectivity index (χ3v) is 4.99. The quantitative estimate of drug-likeness (QED) is 0.491. The van der Waals surface area contributed by atoms with E-state index in [1.165, 1.54) is 11.1 Å². The molecule has 2 aromatic carbocycles. The summed E-state index contributed by atoms with van der Waals surface area (Å²) in [6.45, 7) is 2.43. The Morgan fingerprint density at radius 1 is 0.900 bits per heavy atom. The van der Waals surface area contributed by atoms with Gasteiger partial charge in [-0.05, 0) is 54.6 Å². The highest BCUT2D eigenvalue weighted by Gasteiger charge is 2.05. The Labute approximate surface area is 176 Å². The van der Waals surface area contributed by atoms with Crippen molar-refractivity contribution in [1.29, 1.82) is 5.26 Å². The van der Waals surface area contributed by atoms with Gasteiger partial charge >= 0.3 is 0 Å². The number of fused-ring (bicyclic) bond motifs is 1. The summed E-state index contributed by atoms with van der Waals surface area (Å²) >= 11 is 0. The van der Waals surface area contributed by atoms with Crippen LogP contribution in [0, 0.1) is 11.3 Å². The Morgan fingerprint density at radius 2 is 1.73 bits per heavy atom. The first-order valence-electron chi connectivity index (χ1n) is 9.90. The fraction of sp³-hybridized carbons (Fsp3) is 0.160. The number of hydrogen-bond acceptors (Lipinski definition) is 5. The lowest BCUT2D eigenvalue weighted by Gasteiger charge is -2.16. The molecule has 0 saturated carbocycles. The number of anilines is 1. The van der Waals surface area contributed by atoms with Gasteiger partial charge in [0.1, 0.15) is 0 Å². The summed E-state index contributed by atoms with van der Waals surface area (Å²) < 4.78 is 0. The molecule has 1 N–H and O–H groups in total. The van der Waals surface area contributed by atoms with Gasteiger partial charge < -0.3 is 5.32 Å². The number of aromatic nitrogens is 2. The van der Waals surface area contributed by atoms with Crippen molar-refractivity contribution in [1.82, 2.24) is 14.9 Å². The van der Waals surface area contributed by atoms with E-state index < -0.39 is 0 Å². The van der Waals surface area contributed by atoms with E-state index in [9.17, 15) is 0 Å². The molecule has 0 aliphatic carbocycles. The molecule has 4 rings (SSSR count). The Kier molecular flexibility index (Phi) is 5.98. The van der Waals surface area contributed by atoms with Gasteiger partial charge in [-0.25, -0.2) is 0 Å². The molecule has 0 unspecified atom stereocenters. The van der Waals surface area contributed by atoms with Crippen molar-refractivity contribution in [2.45, 2.75) is 19.6 Å². The predicted molar refractivity (Wildman–Crippen MR) is 120 cm³/mol. The van der Waals surface area contributed by atoms with Gasteiger partial charge in [0.2, 0.25) is 0 Å². The Hall–Kier alpha value is -3.75. The first kappa shape index (κ1) is 19.6. The van der Waals surface area contributed by atoms with Crippen molar-refractivity contribution in [2.24, 2.45) is 0 Å². The van der Waals surface area contributed by atoms with Crippen LogP contribution in [0.4, 0.5) is 5.69 Å². The van der Waals surface area contributed by atoms with Crippen LogP contribution in [-0.4, -0.2) is 21.9 Å². The molecule has 0 amide bonds. The van der Waals surface area contributed by atoms with Gasteiger partial charge in [-0.3, -0.25) is 14.9 Å². The Balaban J connectivity index is 1.37. The number of nitriles is 1.